The van der Waals surface area contributed by atoms with Crippen molar-refractivity contribution in [1.82, 2.24) is 5.32 Å². The lowest BCUT2D eigenvalue weighted by molar-refractivity contribution is -0.151. The van der Waals surface area contributed by atoms with Crippen LogP contribution in [0.2, 0.25) is 0 Å². The molecule has 1 heterocycles. The first-order valence-electron chi connectivity index (χ1n) is 6.31. The van der Waals surface area contributed by atoms with Gasteiger partial charge in [0.15, 0.2) is 6.10 Å². The van der Waals surface area contributed by atoms with Crippen molar-refractivity contribution in [2.75, 3.05) is 6.26 Å². The quantitative estimate of drug-likeness (QED) is 0.800. The molecule has 1 aliphatic heterocycles. The second-order valence-corrected chi connectivity index (χ2v) is 6.04. The molecule has 2 unspecified atom stereocenters. The van der Waals surface area contributed by atoms with E-state index in [0.717, 1.165) is 19.3 Å². The molecule has 6 heteroatoms. The predicted octanol–water partition coefficient (Wildman–Crippen LogP) is 1.02. The van der Waals surface area contributed by atoms with Gasteiger partial charge in [0.05, 0.1) is 0 Å². The zero-order chi connectivity index (χ0) is 13.1. The molecule has 1 aliphatic carbocycles. The summed E-state index contributed by atoms with van der Waals surface area (Å²) in [6, 6.07) is 0.224. The summed E-state index contributed by atoms with van der Waals surface area (Å²) < 4.78 is 5.23. The van der Waals surface area contributed by atoms with Gasteiger partial charge in [-0.15, -0.1) is 0 Å². The van der Waals surface area contributed by atoms with Gasteiger partial charge < -0.3 is 15.2 Å². The summed E-state index contributed by atoms with van der Waals surface area (Å²) in [7, 11) is 0. The van der Waals surface area contributed by atoms with Crippen LogP contribution in [-0.4, -0.2) is 46.7 Å². The lowest BCUT2D eigenvalue weighted by Crippen LogP contribution is -2.40. The van der Waals surface area contributed by atoms with Crippen molar-refractivity contribution < 1.29 is 19.4 Å². The van der Waals surface area contributed by atoms with Gasteiger partial charge in [-0.2, -0.15) is 11.8 Å². The molecule has 0 spiro atoms. The van der Waals surface area contributed by atoms with Crippen LogP contribution in [0.4, 0.5) is 0 Å². The number of rotatable bonds is 4. The van der Waals surface area contributed by atoms with Gasteiger partial charge in [-0.25, -0.2) is 4.79 Å². The fraction of sp³-hybridized carbons (Fsp3) is 0.833. The van der Waals surface area contributed by atoms with Crippen molar-refractivity contribution >= 4 is 23.6 Å². The Morgan fingerprint density at radius 3 is 2.50 bits per heavy atom. The van der Waals surface area contributed by atoms with Gasteiger partial charge in [-0.05, 0) is 38.4 Å². The standard InChI is InChI=1S/C12H19NO4S/c1-18-8-3-2-7(6-8)13-11(14)9-4-5-10(17-9)12(15)16/h7-10H,2-6H2,1H3,(H,13,14)(H,15,16)/t7?,8?,9-,10+/m0/s1. The van der Waals surface area contributed by atoms with E-state index in [4.69, 9.17) is 9.84 Å². The highest BCUT2D eigenvalue weighted by Gasteiger charge is 2.36. The van der Waals surface area contributed by atoms with Crippen molar-refractivity contribution in [3.05, 3.63) is 0 Å². The maximum absolute atomic E-state index is 11.9. The number of thioether (sulfide) groups is 1. The van der Waals surface area contributed by atoms with Crippen LogP contribution in [0.25, 0.3) is 0 Å². The number of ether oxygens (including phenoxy) is 1. The summed E-state index contributed by atoms with van der Waals surface area (Å²) in [5.41, 5.74) is 0. The molecule has 1 saturated carbocycles. The Balaban J connectivity index is 1.77. The highest BCUT2D eigenvalue weighted by Crippen LogP contribution is 2.28. The summed E-state index contributed by atoms with van der Waals surface area (Å²) in [6.07, 6.45) is 4.76. The van der Waals surface area contributed by atoms with E-state index < -0.39 is 18.2 Å². The first-order chi connectivity index (χ1) is 8.60. The van der Waals surface area contributed by atoms with E-state index in [9.17, 15) is 9.59 Å². The Labute approximate surface area is 111 Å². The minimum atomic E-state index is -0.978. The molecule has 2 aliphatic rings. The lowest BCUT2D eigenvalue weighted by atomic mass is 10.1. The molecular formula is C12H19NO4S. The highest BCUT2D eigenvalue weighted by molar-refractivity contribution is 7.99. The minimum Gasteiger partial charge on any atom is -0.479 e. The van der Waals surface area contributed by atoms with Crippen LogP contribution in [-0.2, 0) is 14.3 Å². The lowest BCUT2D eigenvalue weighted by Gasteiger charge is -2.16. The molecule has 5 nitrogen and oxygen atoms in total. The van der Waals surface area contributed by atoms with Crippen LogP contribution < -0.4 is 5.32 Å². The monoisotopic (exact) mass is 273 g/mol. The minimum absolute atomic E-state index is 0.148. The third-order valence-corrected chi connectivity index (χ3v) is 4.75. The maximum atomic E-state index is 11.9. The third-order valence-electron chi connectivity index (χ3n) is 3.65. The number of nitrogens with one attached hydrogen (secondary N) is 1. The second-order valence-electron chi connectivity index (χ2n) is 4.91. The van der Waals surface area contributed by atoms with E-state index in [0.29, 0.717) is 18.1 Å². The Morgan fingerprint density at radius 2 is 1.94 bits per heavy atom. The average molecular weight is 273 g/mol. The first-order valence-corrected chi connectivity index (χ1v) is 7.60. The van der Waals surface area contributed by atoms with Gasteiger partial charge in [-0.3, -0.25) is 4.79 Å². The molecule has 0 aromatic rings. The Hall–Kier alpha value is -0.750. The number of carbonyl (C=O) groups is 2. The molecule has 1 amide bonds. The number of carbonyl (C=O) groups excluding carboxylic acids is 1. The average Bonchev–Trinajstić information content (AvgIpc) is 2.97. The molecule has 4 atom stereocenters. The molecule has 0 bridgehead atoms. The zero-order valence-electron chi connectivity index (χ0n) is 10.4. The molecule has 2 N–H and O–H groups in total. The van der Waals surface area contributed by atoms with Gasteiger partial charge in [0, 0.05) is 11.3 Å². The fourth-order valence-electron chi connectivity index (χ4n) is 2.59. The van der Waals surface area contributed by atoms with Crippen molar-refractivity contribution in [1.29, 1.82) is 0 Å². The molecule has 2 fully saturated rings. The molecule has 102 valence electrons. The Morgan fingerprint density at radius 1 is 1.22 bits per heavy atom. The van der Waals surface area contributed by atoms with Gasteiger partial charge in [0.2, 0.25) is 5.91 Å². The van der Waals surface area contributed by atoms with E-state index in [1.807, 2.05) is 11.8 Å². The topological polar surface area (TPSA) is 75.6 Å². The van der Waals surface area contributed by atoms with Crippen molar-refractivity contribution in [2.45, 2.75) is 55.6 Å². The number of amides is 1. The molecule has 0 radical (unpaired) electrons. The molecule has 2 rings (SSSR count). The highest BCUT2D eigenvalue weighted by atomic mass is 32.2. The largest absolute Gasteiger partial charge is 0.479 e. The molecular weight excluding hydrogens is 254 g/mol. The molecule has 18 heavy (non-hydrogen) atoms. The number of hydrogen-bond donors (Lipinski definition) is 2. The van der Waals surface area contributed by atoms with Gasteiger partial charge in [0.25, 0.3) is 0 Å². The van der Waals surface area contributed by atoms with E-state index in [-0.39, 0.29) is 11.9 Å². The van der Waals surface area contributed by atoms with Crippen LogP contribution >= 0.6 is 11.8 Å². The second kappa shape index (κ2) is 5.93. The molecule has 1 saturated heterocycles. The summed E-state index contributed by atoms with van der Waals surface area (Å²) in [6.45, 7) is 0. The van der Waals surface area contributed by atoms with Crippen LogP contribution in [0, 0.1) is 0 Å². The Bertz CT molecular complexity index is 336. The summed E-state index contributed by atoms with van der Waals surface area (Å²) >= 11 is 1.84. The number of carboxylic acid groups (broad SMARTS) is 1. The summed E-state index contributed by atoms with van der Waals surface area (Å²) in [5, 5.41) is 12.4. The van der Waals surface area contributed by atoms with Crippen LogP contribution in [0.3, 0.4) is 0 Å². The van der Waals surface area contributed by atoms with Crippen molar-refractivity contribution in [3.63, 3.8) is 0 Å². The van der Waals surface area contributed by atoms with E-state index in [1.165, 1.54) is 0 Å². The van der Waals surface area contributed by atoms with E-state index >= 15 is 0 Å². The number of hydrogen-bond acceptors (Lipinski definition) is 4. The van der Waals surface area contributed by atoms with Gasteiger partial charge in [0.1, 0.15) is 6.10 Å². The van der Waals surface area contributed by atoms with Crippen LogP contribution in [0.15, 0.2) is 0 Å². The third kappa shape index (κ3) is 3.17. The first kappa shape index (κ1) is 13.7. The number of carboxylic acids is 1. The van der Waals surface area contributed by atoms with Crippen molar-refractivity contribution in [3.8, 4) is 0 Å². The predicted molar refractivity (Wildman–Crippen MR) is 68.6 cm³/mol. The van der Waals surface area contributed by atoms with E-state index in [2.05, 4.69) is 11.6 Å². The normalized spacial score (nSPS) is 35.6. The zero-order valence-corrected chi connectivity index (χ0v) is 11.2. The molecule has 0 aromatic heterocycles. The fourth-order valence-corrected chi connectivity index (χ4v) is 3.39. The molecule has 0 aromatic carbocycles. The summed E-state index contributed by atoms with van der Waals surface area (Å²) in [5.74, 6) is -1.13. The smallest absolute Gasteiger partial charge is 0.332 e. The van der Waals surface area contributed by atoms with Crippen molar-refractivity contribution in [2.24, 2.45) is 0 Å². The van der Waals surface area contributed by atoms with Crippen LogP contribution in [0.1, 0.15) is 32.1 Å². The van der Waals surface area contributed by atoms with Gasteiger partial charge in [-0.1, -0.05) is 0 Å². The SMILES string of the molecule is CSC1CCC(NC(=O)[C@@H]2CC[C@H](C(=O)O)O2)C1. The summed E-state index contributed by atoms with van der Waals surface area (Å²) in [4.78, 5) is 22.7. The van der Waals surface area contributed by atoms with E-state index in [1.54, 1.807) is 0 Å². The van der Waals surface area contributed by atoms with Gasteiger partial charge >= 0.3 is 5.97 Å². The van der Waals surface area contributed by atoms with Crippen LogP contribution in [0.5, 0.6) is 0 Å². The maximum Gasteiger partial charge on any atom is 0.332 e. The number of aliphatic carboxylic acids is 1. The Kier molecular flexibility index (Phi) is 4.50.